The molecule has 0 saturated carbocycles. The Kier molecular flexibility index (Phi) is 4.42. The van der Waals surface area contributed by atoms with Gasteiger partial charge in [0, 0.05) is 31.9 Å². The molecular formula is C12H13ClO2S2. The third-order valence-corrected chi connectivity index (χ3v) is 4.75. The first-order valence-electron chi connectivity index (χ1n) is 5.58. The molecule has 0 aromatic carbocycles. The van der Waals surface area contributed by atoms with Gasteiger partial charge in [-0.05, 0) is 18.9 Å². The lowest BCUT2D eigenvalue weighted by molar-refractivity contribution is 0.227. The number of halogens is 1. The predicted octanol–water partition coefficient (Wildman–Crippen LogP) is 5.43. The molecule has 2 nitrogen and oxygen atoms in total. The van der Waals surface area contributed by atoms with Crippen LogP contribution < -0.4 is 4.74 Å². The van der Waals surface area contributed by atoms with E-state index in [1.807, 2.05) is 6.07 Å². The number of unbranched alkanes of at least 4 members (excludes halogenated alkanes) is 2. The van der Waals surface area contributed by atoms with Crippen molar-refractivity contribution in [1.29, 1.82) is 0 Å². The smallest absolute Gasteiger partial charge is 0.403 e. The van der Waals surface area contributed by atoms with Crippen LogP contribution in [0.5, 0.6) is 5.06 Å². The molecule has 0 unspecified atom stereocenters. The summed E-state index contributed by atoms with van der Waals surface area (Å²) in [6.07, 6.45) is 4.91. The van der Waals surface area contributed by atoms with E-state index in [2.05, 4.69) is 13.0 Å². The molecule has 0 bridgehead atoms. The lowest BCUT2D eigenvalue weighted by Crippen LogP contribution is -1.92. The molecule has 0 aliphatic heterocycles. The van der Waals surface area contributed by atoms with Crippen molar-refractivity contribution in [2.24, 2.45) is 0 Å². The van der Waals surface area contributed by atoms with Gasteiger partial charge in [-0.15, -0.1) is 11.3 Å². The fraction of sp³-hybridized carbons (Fsp3) is 0.417. The number of carbonyl (C=O) groups excluding carboxylic acids is 1. The van der Waals surface area contributed by atoms with Crippen molar-refractivity contribution in [2.45, 2.75) is 32.6 Å². The monoisotopic (exact) mass is 288 g/mol. The quantitative estimate of drug-likeness (QED) is 0.541. The van der Waals surface area contributed by atoms with Crippen molar-refractivity contribution in [2.75, 3.05) is 0 Å². The number of rotatable bonds is 5. The van der Waals surface area contributed by atoms with E-state index >= 15 is 0 Å². The second kappa shape index (κ2) is 5.85. The minimum absolute atomic E-state index is 0.575. The maximum atomic E-state index is 10.6. The molecule has 2 rings (SSSR count). The van der Waals surface area contributed by atoms with Gasteiger partial charge in [0.05, 0.1) is 0 Å². The molecule has 0 radical (unpaired) electrons. The zero-order valence-corrected chi connectivity index (χ0v) is 11.9. The summed E-state index contributed by atoms with van der Waals surface area (Å²) in [7, 11) is 0. The summed E-state index contributed by atoms with van der Waals surface area (Å²) in [6.45, 7) is 2.21. The molecule has 17 heavy (non-hydrogen) atoms. The van der Waals surface area contributed by atoms with Gasteiger partial charge in [0.2, 0.25) is 0 Å². The highest BCUT2D eigenvalue weighted by atomic mass is 35.5. The first kappa shape index (κ1) is 12.9. The van der Waals surface area contributed by atoms with Gasteiger partial charge in [0.15, 0.2) is 5.06 Å². The standard InChI is InChI=1S/C12H13ClO2S2/c1-2-3-4-5-8-6-9-10(16-8)7-11(17-9)15-12(13)14/h6-7H,2-5H2,1H3. The molecule has 2 aromatic heterocycles. The number of aryl methyl sites for hydroxylation is 1. The van der Waals surface area contributed by atoms with Crippen molar-refractivity contribution >= 4 is 49.1 Å². The largest absolute Gasteiger partial charge is 0.409 e. The van der Waals surface area contributed by atoms with Gasteiger partial charge in [-0.3, -0.25) is 0 Å². The highest BCUT2D eigenvalue weighted by Gasteiger charge is 2.09. The van der Waals surface area contributed by atoms with Crippen LogP contribution in [-0.2, 0) is 6.42 Å². The molecule has 0 atom stereocenters. The number of ether oxygens (including phenoxy) is 1. The Morgan fingerprint density at radius 2 is 2.06 bits per heavy atom. The van der Waals surface area contributed by atoms with Gasteiger partial charge in [-0.1, -0.05) is 31.1 Å². The lowest BCUT2D eigenvalue weighted by Gasteiger charge is -1.94. The van der Waals surface area contributed by atoms with Gasteiger partial charge < -0.3 is 4.74 Å². The number of carbonyl (C=O) groups is 1. The number of fused-ring (bicyclic) bond motifs is 1. The van der Waals surface area contributed by atoms with Gasteiger partial charge in [0.25, 0.3) is 0 Å². The summed E-state index contributed by atoms with van der Waals surface area (Å²) in [5, 5.41) is 0.575. The minimum atomic E-state index is -0.776. The summed E-state index contributed by atoms with van der Waals surface area (Å²) in [6, 6.07) is 4.07. The Morgan fingerprint density at radius 3 is 2.71 bits per heavy atom. The van der Waals surface area contributed by atoms with Crippen molar-refractivity contribution in [3.05, 3.63) is 17.0 Å². The Morgan fingerprint density at radius 1 is 1.29 bits per heavy atom. The number of thiophene rings is 2. The Balaban J connectivity index is 2.06. The van der Waals surface area contributed by atoms with Crippen molar-refractivity contribution in [1.82, 2.24) is 0 Å². The zero-order chi connectivity index (χ0) is 12.3. The third kappa shape index (κ3) is 3.44. The molecule has 0 amide bonds. The summed E-state index contributed by atoms with van der Waals surface area (Å²) in [4.78, 5) is 12.0. The summed E-state index contributed by atoms with van der Waals surface area (Å²) in [5.74, 6) is 0. The molecule has 0 aliphatic rings. The number of hydrogen-bond acceptors (Lipinski definition) is 4. The fourth-order valence-corrected chi connectivity index (χ4v) is 4.10. The molecule has 0 aliphatic carbocycles. The van der Waals surface area contributed by atoms with Crippen LogP contribution in [0.3, 0.4) is 0 Å². The maximum absolute atomic E-state index is 10.6. The molecule has 0 fully saturated rings. The van der Waals surface area contributed by atoms with E-state index in [0.29, 0.717) is 5.06 Å². The Bertz CT molecular complexity index is 484. The van der Waals surface area contributed by atoms with Crippen LogP contribution in [0.15, 0.2) is 12.1 Å². The molecule has 5 heteroatoms. The first-order chi connectivity index (χ1) is 8.19. The topological polar surface area (TPSA) is 26.3 Å². The van der Waals surface area contributed by atoms with E-state index in [4.69, 9.17) is 16.3 Å². The van der Waals surface area contributed by atoms with Gasteiger partial charge in [-0.2, -0.15) is 0 Å². The van der Waals surface area contributed by atoms with Gasteiger partial charge in [-0.25, -0.2) is 4.79 Å². The second-order valence-electron chi connectivity index (χ2n) is 3.80. The Hall–Kier alpha value is -0.580. The van der Waals surface area contributed by atoms with E-state index < -0.39 is 5.43 Å². The third-order valence-electron chi connectivity index (χ3n) is 2.44. The van der Waals surface area contributed by atoms with Gasteiger partial charge >= 0.3 is 5.43 Å². The van der Waals surface area contributed by atoms with E-state index in [-0.39, 0.29) is 0 Å². The van der Waals surface area contributed by atoms with Crippen LogP contribution >= 0.6 is 34.3 Å². The first-order valence-corrected chi connectivity index (χ1v) is 7.59. The summed E-state index contributed by atoms with van der Waals surface area (Å²) >= 11 is 8.41. The molecule has 2 aromatic rings. The van der Waals surface area contributed by atoms with Crippen LogP contribution in [0.4, 0.5) is 4.79 Å². The molecule has 0 N–H and O–H groups in total. The maximum Gasteiger partial charge on any atom is 0.409 e. The molecule has 92 valence electrons. The van der Waals surface area contributed by atoms with Crippen molar-refractivity contribution < 1.29 is 9.53 Å². The SMILES string of the molecule is CCCCCc1cc2sc(OC(=O)Cl)cc2s1. The van der Waals surface area contributed by atoms with Crippen molar-refractivity contribution in [3.63, 3.8) is 0 Å². The summed E-state index contributed by atoms with van der Waals surface area (Å²) < 4.78 is 7.20. The molecule has 2 heterocycles. The van der Waals surface area contributed by atoms with Crippen LogP contribution in [0.2, 0.25) is 0 Å². The van der Waals surface area contributed by atoms with Crippen LogP contribution in [-0.4, -0.2) is 5.43 Å². The molecular weight excluding hydrogens is 276 g/mol. The predicted molar refractivity (Wildman–Crippen MR) is 74.8 cm³/mol. The van der Waals surface area contributed by atoms with E-state index in [0.717, 1.165) is 6.42 Å². The van der Waals surface area contributed by atoms with Crippen LogP contribution in [0.1, 0.15) is 31.1 Å². The van der Waals surface area contributed by atoms with E-state index in [1.54, 1.807) is 11.3 Å². The van der Waals surface area contributed by atoms with Crippen LogP contribution in [0.25, 0.3) is 9.40 Å². The fourth-order valence-electron chi connectivity index (χ4n) is 1.67. The average molecular weight is 289 g/mol. The number of hydrogen-bond donors (Lipinski definition) is 0. The minimum Gasteiger partial charge on any atom is -0.403 e. The van der Waals surface area contributed by atoms with Gasteiger partial charge in [0.1, 0.15) is 0 Å². The average Bonchev–Trinajstić information content (AvgIpc) is 2.74. The van der Waals surface area contributed by atoms with Crippen molar-refractivity contribution in [3.8, 4) is 5.06 Å². The lowest BCUT2D eigenvalue weighted by atomic mass is 10.2. The molecule has 0 spiro atoms. The highest BCUT2D eigenvalue weighted by Crippen LogP contribution is 2.38. The van der Waals surface area contributed by atoms with Crippen LogP contribution in [0, 0.1) is 0 Å². The molecule has 0 saturated heterocycles. The normalized spacial score (nSPS) is 10.9. The second-order valence-corrected chi connectivity index (χ2v) is 6.33. The summed E-state index contributed by atoms with van der Waals surface area (Å²) in [5.41, 5.74) is -0.776. The Labute approximate surface area is 113 Å². The highest BCUT2D eigenvalue weighted by molar-refractivity contribution is 7.28. The van der Waals surface area contributed by atoms with E-state index in [1.165, 1.54) is 44.9 Å². The zero-order valence-electron chi connectivity index (χ0n) is 9.49. The van der Waals surface area contributed by atoms with E-state index in [9.17, 15) is 4.79 Å².